The zero-order chi connectivity index (χ0) is 14.4. The van der Waals surface area contributed by atoms with Crippen molar-refractivity contribution in [1.29, 1.82) is 0 Å². The van der Waals surface area contributed by atoms with E-state index in [1.54, 1.807) is 0 Å². The molecule has 0 unspecified atom stereocenters. The molecule has 0 spiro atoms. The molecule has 0 atom stereocenters. The molecule has 2 amide bonds. The van der Waals surface area contributed by atoms with Crippen molar-refractivity contribution in [3.8, 4) is 0 Å². The van der Waals surface area contributed by atoms with Gasteiger partial charge >= 0.3 is 6.03 Å². The van der Waals surface area contributed by atoms with Crippen LogP contribution in [0.2, 0.25) is 0 Å². The van der Waals surface area contributed by atoms with Crippen LogP contribution in [0.3, 0.4) is 0 Å². The molecule has 0 aliphatic rings. The highest BCUT2D eigenvalue weighted by atomic mass is 19.1. The first kappa shape index (κ1) is 14.0. The van der Waals surface area contributed by atoms with Crippen molar-refractivity contribution in [1.82, 2.24) is 0 Å². The lowest BCUT2D eigenvalue weighted by atomic mass is 10.1. The molecule has 4 nitrogen and oxygen atoms in total. The standard InChI is InChI=1S/C15H16FN3O/c16-12-3-7-14(8-4-12)19-15(20)18-13-5-1-11(2-6-13)9-10-17/h1-8H,9-10,17H2,(H2,18,19,20). The Morgan fingerprint density at radius 3 is 1.95 bits per heavy atom. The summed E-state index contributed by atoms with van der Waals surface area (Å²) in [5.41, 5.74) is 7.81. The second-order valence-corrected chi connectivity index (χ2v) is 4.32. The quantitative estimate of drug-likeness (QED) is 0.801. The molecule has 0 aliphatic carbocycles. The van der Waals surface area contributed by atoms with Crippen molar-refractivity contribution in [2.75, 3.05) is 17.2 Å². The maximum atomic E-state index is 12.7. The van der Waals surface area contributed by atoms with Crippen LogP contribution in [0, 0.1) is 5.82 Å². The largest absolute Gasteiger partial charge is 0.330 e. The lowest BCUT2D eigenvalue weighted by Crippen LogP contribution is -2.19. The Bertz CT molecular complexity index is 567. The third-order valence-corrected chi connectivity index (χ3v) is 2.75. The summed E-state index contributed by atoms with van der Waals surface area (Å²) in [6.07, 6.45) is 0.808. The van der Waals surface area contributed by atoms with E-state index < -0.39 is 0 Å². The topological polar surface area (TPSA) is 67.1 Å². The van der Waals surface area contributed by atoms with Gasteiger partial charge in [0.1, 0.15) is 5.82 Å². The number of hydrogen-bond acceptors (Lipinski definition) is 2. The van der Waals surface area contributed by atoms with Gasteiger partial charge in [-0.1, -0.05) is 12.1 Å². The predicted molar refractivity (Wildman–Crippen MR) is 78.2 cm³/mol. The van der Waals surface area contributed by atoms with Crippen LogP contribution < -0.4 is 16.4 Å². The van der Waals surface area contributed by atoms with Gasteiger partial charge in [0.2, 0.25) is 0 Å². The van der Waals surface area contributed by atoms with E-state index in [1.165, 1.54) is 24.3 Å². The number of anilines is 2. The molecule has 0 aromatic heterocycles. The average molecular weight is 273 g/mol. The van der Waals surface area contributed by atoms with Crippen molar-refractivity contribution in [2.45, 2.75) is 6.42 Å². The van der Waals surface area contributed by atoms with Crippen molar-refractivity contribution in [3.63, 3.8) is 0 Å². The zero-order valence-corrected chi connectivity index (χ0v) is 10.9. The number of carbonyl (C=O) groups excluding carboxylic acids is 1. The fourth-order valence-corrected chi connectivity index (χ4v) is 1.75. The summed E-state index contributed by atoms with van der Waals surface area (Å²) >= 11 is 0. The third kappa shape index (κ3) is 4.07. The first-order chi connectivity index (χ1) is 9.67. The number of nitrogens with two attached hydrogens (primary N) is 1. The minimum Gasteiger partial charge on any atom is -0.330 e. The van der Waals surface area contributed by atoms with Crippen LogP contribution in [-0.4, -0.2) is 12.6 Å². The third-order valence-electron chi connectivity index (χ3n) is 2.75. The second kappa shape index (κ2) is 6.68. The van der Waals surface area contributed by atoms with Crippen LogP contribution >= 0.6 is 0 Å². The van der Waals surface area contributed by atoms with Gasteiger partial charge in [0, 0.05) is 11.4 Å². The molecule has 20 heavy (non-hydrogen) atoms. The molecule has 0 saturated heterocycles. The Labute approximate surface area is 116 Å². The minimum atomic E-state index is -0.372. The molecule has 2 rings (SSSR count). The number of benzene rings is 2. The van der Waals surface area contributed by atoms with Crippen molar-refractivity contribution in [3.05, 3.63) is 59.9 Å². The van der Waals surface area contributed by atoms with Gasteiger partial charge in [0.15, 0.2) is 0 Å². The highest BCUT2D eigenvalue weighted by Crippen LogP contribution is 2.12. The normalized spacial score (nSPS) is 10.1. The first-order valence-corrected chi connectivity index (χ1v) is 6.30. The molecule has 0 saturated carbocycles. The van der Waals surface area contributed by atoms with Crippen LogP contribution in [0.15, 0.2) is 48.5 Å². The van der Waals surface area contributed by atoms with Gasteiger partial charge < -0.3 is 16.4 Å². The molecule has 104 valence electrons. The van der Waals surface area contributed by atoms with Crippen molar-refractivity contribution < 1.29 is 9.18 Å². The number of nitrogens with one attached hydrogen (secondary N) is 2. The number of urea groups is 1. The summed E-state index contributed by atoms with van der Waals surface area (Å²) in [7, 11) is 0. The molecular formula is C15H16FN3O. The van der Waals surface area contributed by atoms with Gasteiger partial charge in [-0.3, -0.25) is 0 Å². The summed E-state index contributed by atoms with van der Waals surface area (Å²) in [6.45, 7) is 0.595. The minimum absolute atomic E-state index is 0.341. The van der Waals surface area contributed by atoms with E-state index in [1.807, 2.05) is 24.3 Å². The SMILES string of the molecule is NCCc1ccc(NC(=O)Nc2ccc(F)cc2)cc1. The number of amides is 2. The van der Waals surface area contributed by atoms with Crippen LogP contribution in [0.5, 0.6) is 0 Å². The molecule has 5 heteroatoms. The molecule has 2 aromatic rings. The monoisotopic (exact) mass is 273 g/mol. The summed E-state index contributed by atoms with van der Waals surface area (Å²) < 4.78 is 12.7. The molecule has 0 bridgehead atoms. The van der Waals surface area contributed by atoms with E-state index in [0.717, 1.165) is 12.0 Å². The Kier molecular flexibility index (Phi) is 4.68. The number of hydrogen-bond donors (Lipinski definition) is 3. The maximum Gasteiger partial charge on any atom is 0.323 e. The van der Waals surface area contributed by atoms with Crippen molar-refractivity contribution >= 4 is 17.4 Å². The second-order valence-electron chi connectivity index (χ2n) is 4.32. The number of halogens is 1. The fourth-order valence-electron chi connectivity index (χ4n) is 1.75. The zero-order valence-electron chi connectivity index (χ0n) is 10.9. The maximum absolute atomic E-state index is 12.7. The molecular weight excluding hydrogens is 257 g/mol. The molecule has 0 fully saturated rings. The summed E-state index contributed by atoms with van der Waals surface area (Å²) in [5, 5.41) is 5.32. The molecule has 0 heterocycles. The molecule has 0 aliphatic heterocycles. The Balaban J connectivity index is 1.92. The van der Waals surface area contributed by atoms with E-state index in [9.17, 15) is 9.18 Å². The Hall–Kier alpha value is -2.40. The van der Waals surface area contributed by atoms with Gasteiger partial charge in [0.25, 0.3) is 0 Å². The molecule has 0 radical (unpaired) electrons. The Morgan fingerprint density at radius 1 is 0.950 bits per heavy atom. The van der Waals surface area contributed by atoms with Gasteiger partial charge in [0.05, 0.1) is 0 Å². The van der Waals surface area contributed by atoms with E-state index in [0.29, 0.717) is 17.9 Å². The fraction of sp³-hybridized carbons (Fsp3) is 0.133. The van der Waals surface area contributed by atoms with Crippen LogP contribution in [0.1, 0.15) is 5.56 Å². The van der Waals surface area contributed by atoms with Crippen LogP contribution in [0.25, 0.3) is 0 Å². The van der Waals surface area contributed by atoms with Gasteiger partial charge in [-0.05, 0) is 54.9 Å². The number of rotatable bonds is 4. The van der Waals surface area contributed by atoms with Crippen LogP contribution in [0.4, 0.5) is 20.6 Å². The molecule has 2 aromatic carbocycles. The summed E-state index contributed by atoms with van der Waals surface area (Å²) in [6, 6.07) is 12.7. The lowest BCUT2D eigenvalue weighted by Gasteiger charge is -2.08. The van der Waals surface area contributed by atoms with E-state index in [4.69, 9.17) is 5.73 Å². The smallest absolute Gasteiger partial charge is 0.323 e. The van der Waals surface area contributed by atoms with E-state index >= 15 is 0 Å². The highest BCUT2D eigenvalue weighted by molar-refractivity contribution is 5.99. The first-order valence-electron chi connectivity index (χ1n) is 6.30. The summed E-state index contributed by atoms with van der Waals surface area (Å²) in [5.74, 6) is -0.341. The molecule has 4 N–H and O–H groups in total. The predicted octanol–water partition coefficient (Wildman–Crippen LogP) is 2.97. The average Bonchev–Trinajstić information content (AvgIpc) is 2.44. The van der Waals surface area contributed by atoms with Gasteiger partial charge in [-0.15, -0.1) is 0 Å². The Morgan fingerprint density at radius 2 is 1.45 bits per heavy atom. The van der Waals surface area contributed by atoms with E-state index in [2.05, 4.69) is 10.6 Å². The van der Waals surface area contributed by atoms with E-state index in [-0.39, 0.29) is 11.8 Å². The van der Waals surface area contributed by atoms with Crippen molar-refractivity contribution in [2.24, 2.45) is 5.73 Å². The van der Waals surface area contributed by atoms with Gasteiger partial charge in [-0.25, -0.2) is 9.18 Å². The lowest BCUT2D eigenvalue weighted by molar-refractivity contribution is 0.262. The van der Waals surface area contributed by atoms with Crippen LogP contribution in [-0.2, 0) is 6.42 Å². The summed E-state index contributed by atoms with van der Waals surface area (Å²) in [4.78, 5) is 11.7. The van der Waals surface area contributed by atoms with Gasteiger partial charge in [-0.2, -0.15) is 0 Å². The number of carbonyl (C=O) groups is 1. The highest BCUT2D eigenvalue weighted by Gasteiger charge is 2.02.